The van der Waals surface area contributed by atoms with Gasteiger partial charge in [-0.05, 0) is 48.4 Å². The molecule has 1 amide bonds. The van der Waals surface area contributed by atoms with E-state index >= 15 is 0 Å². The summed E-state index contributed by atoms with van der Waals surface area (Å²) in [6.45, 7) is 2.05. The number of nitrogens with zero attached hydrogens (tertiary/aromatic N) is 1. The van der Waals surface area contributed by atoms with E-state index in [0.29, 0.717) is 0 Å². The number of amides is 1. The first kappa shape index (κ1) is 18.2. The molecule has 0 atom stereocenters. The maximum atomic E-state index is 13.6. The average Bonchev–Trinajstić information content (AvgIpc) is 2.67. The first-order valence-corrected chi connectivity index (χ1v) is 9.24. The van der Waals surface area contributed by atoms with E-state index in [0.717, 1.165) is 33.7 Å². The van der Waals surface area contributed by atoms with Gasteiger partial charge in [-0.1, -0.05) is 30.8 Å². The first-order chi connectivity index (χ1) is 12.6. The standard InChI is InChI=1S/C20H19FN2O2S/c1-3-13-10-14-11-15(25-2)8-9-17(14)23-20(13)26-12-19(24)22-18-7-5-4-6-16(18)21/h4-11H,3,12H2,1-2H3,(H,22,24). The van der Waals surface area contributed by atoms with Gasteiger partial charge in [0.05, 0.1) is 24.1 Å². The molecule has 0 spiro atoms. The minimum absolute atomic E-state index is 0.163. The van der Waals surface area contributed by atoms with Gasteiger partial charge in [-0.15, -0.1) is 0 Å². The molecule has 3 rings (SSSR count). The van der Waals surface area contributed by atoms with E-state index in [1.165, 1.54) is 23.9 Å². The fourth-order valence-corrected chi connectivity index (χ4v) is 3.46. The summed E-state index contributed by atoms with van der Waals surface area (Å²) in [4.78, 5) is 16.8. The summed E-state index contributed by atoms with van der Waals surface area (Å²) < 4.78 is 18.9. The number of carbonyl (C=O) groups is 1. The van der Waals surface area contributed by atoms with Crippen molar-refractivity contribution >= 4 is 34.3 Å². The number of aromatic nitrogens is 1. The molecule has 0 radical (unpaired) electrons. The molecule has 0 unspecified atom stereocenters. The van der Waals surface area contributed by atoms with Crippen LogP contribution in [-0.2, 0) is 11.2 Å². The van der Waals surface area contributed by atoms with Gasteiger partial charge in [0.15, 0.2) is 0 Å². The highest BCUT2D eigenvalue weighted by atomic mass is 32.2. The summed E-state index contributed by atoms with van der Waals surface area (Å²) in [6, 6.07) is 13.9. The fourth-order valence-electron chi connectivity index (χ4n) is 2.57. The Labute approximate surface area is 155 Å². The van der Waals surface area contributed by atoms with E-state index in [2.05, 4.69) is 16.4 Å². The Balaban J connectivity index is 1.75. The Morgan fingerprint density at radius 2 is 2.04 bits per heavy atom. The molecule has 1 aromatic heterocycles. The van der Waals surface area contributed by atoms with Crippen LogP contribution in [0, 0.1) is 5.82 Å². The van der Waals surface area contributed by atoms with Crippen molar-refractivity contribution in [2.75, 3.05) is 18.2 Å². The Morgan fingerprint density at radius 1 is 1.23 bits per heavy atom. The highest BCUT2D eigenvalue weighted by Crippen LogP contribution is 2.28. The molecular formula is C20H19FN2O2S. The molecule has 1 N–H and O–H groups in total. The molecule has 1 heterocycles. The van der Waals surface area contributed by atoms with Crippen LogP contribution in [0.15, 0.2) is 53.6 Å². The number of methoxy groups -OCH3 is 1. The minimum Gasteiger partial charge on any atom is -0.497 e. The molecule has 4 nitrogen and oxygen atoms in total. The van der Waals surface area contributed by atoms with Crippen molar-refractivity contribution < 1.29 is 13.9 Å². The third-order valence-electron chi connectivity index (χ3n) is 3.93. The maximum Gasteiger partial charge on any atom is 0.234 e. The normalized spacial score (nSPS) is 10.7. The van der Waals surface area contributed by atoms with Crippen LogP contribution in [0.1, 0.15) is 12.5 Å². The number of carbonyl (C=O) groups excluding carboxylic acids is 1. The van der Waals surface area contributed by atoms with Crippen LogP contribution in [0.2, 0.25) is 0 Å². The maximum absolute atomic E-state index is 13.6. The molecule has 26 heavy (non-hydrogen) atoms. The minimum atomic E-state index is -0.446. The number of para-hydroxylation sites is 1. The van der Waals surface area contributed by atoms with E-state index in [4.69, 9.17) is 4.74 Å². The van der Waals surface area contributed by atoms with Crippen LogP contribution in [0.5, 0.6) is 5.75 Å². The number of hydrogen-bond donors (Lipinski definition) is 1. The van der Waals surface area contributed by atoms with Gasteiger partial charge < -0.3 is 10.1 Å². The van der Waals surface area contributed by atoms with Gasteiger partial charge in [0.2, 0.25) is 5.91 Å². The van der Waals surface area contributed by atoms with Gasteiger partial charge in [-0.2, -0.15) is 0 Å². The second-order valence-corrected chi connectivity index (χ2v) is 6.65. The predicted octanol–water partition coefficient (Wildman–Crippen LogP) is 4.68. The number of nitrogens with one attached hydrogen (secondary N) is 1. The summed E-state index contributed by atoms with van der Waals surface area (Å²) in [6.07, 6.45) is 0.803. The largest absolute Gasteiger partial charge is 0.497 e. The Morgan fingerprint density at radius 3 is 2.77 bits per heavy atom. The van der Waals surface area contributed by atoms with E-state index in [1.54, 1.807) is 19.2 Å². The van der Waals surface area contributed by atoms with Crippen LogP contribution in [0.25, 0.3) is 10.9 Å². The number of thioether (sulfide) groups is 1. The summed E-state index contributed by atoms with van der Waals surface area (Å²) >= 11 is 1.35. The molecular weight excluding hydrogens is 351 g/mol. The topological polar surface area (TPSA) is 51.2 Å². The molecule has 0 bridgehead atoms. The van der Waals surface area contributed by atoms with Crippen molar-refractivity contribution in [2.24, 2.45) is 0 Å². The molecule has 3 aromatic rings. The average molecular weight is 370 g/mol. The number of aryl methyl sites for hydroxylation is 1. The van der Waals surface area contributed by atoms with E-state index in [-0.39, 0.29) is 17.3 Å². The Bertz CT molecular complexity index is 946. The van der Waals surface area contributed by atoms with Gasteiger partial charge in [0.1, 0.15) is 16.6 Å². The van der Waals surface area contributed by atoms with Gasteiger partial charge >= 0.3 is 0 Å². The van der Waals surface area contributed by atoms with Crippen molar-refractivity contribution in [2.45, 2.75) is 18.4 Å². The Hall–Kier alpha value is -2.60. The number of anilines is 1. The molecule has 0 aliphatic heterocycles. The zero-order valence-electron chi connectivity index (χ0n) is 14.6. The molecule has 134 valence electrons. The highest BCUT2D eigenvalue weighted by Gasteiger charge is 2.11. The second kappa shape index (κ2) is 8.19. The van der Waals surface area contributed by atoms with Crippen LogP contribution in [0.3, 0.4) is 0 Å². The summed E-state index contributed by atoms with van der Waals surface area (Å²) in [7, 11) is 1.63. The lowest BCUT2D eigenvalue weighted by Crippen LogP contribution is -2.15. The number of fused-ring (bicyclic) bond motifs is 1. The molecule has 0 aliphatic rings. The van der Waals surface area contributed by atoms with Gasteiger partial charge in [0, 0.05) is 5.39 Å². The lowest BCUT2D eigenvalue weighted by Gasteiger charge is -2.10. The van der Waals surface area contributed by atoms with E-state index in [9.17, 15) is 9.18 Å². The van der Waals surface area contributed by atoms with Crippen LogP contribution >= 0.6 is 11.8 Å². The van der Waals surface area contributed by atoms with Crippen molar-refractivity contribution in [1.82, 2.24) is 4.98 Å². The number of rotatable bonds is 6. The molecule has 0 saturated heterocycles. The van der Waals surface area contributed by atoms with Gasteiger partial charge in [-0.25, -0.2) is 9.37 Å². The lowest BCUT2D eigenvalue weighted by molar-refractivity contribution is -0.113. The van der Waals surface area contributed by atoms with Crippen molar-refractivity contribution in [3.05, 3.63) is 59.9 Å². The molecule has 2 aromatic carbocycles. The molecule has 0 saturated carbocycles. The fraction of sp³-hybridized carbons (Fsp3) is 0.200. The highest BCUT2D eigenvalue weighted by molar-refractivity contribution is 8.00. The zero-order chi connectivity index (χ0) is 18.5. The van der Waals surface area contributed by atoms with Crippen LogP contribution < -0.4 is 10.1 Å². The predicted molar refractivity (Wildman–Crippen MR) is 103 cm³/mol. The molecule has 6 heteroatoms. The molecule has 0 aliphatic carbocycles. The summed E-state index contributed by atoms with van der Waals surface area (Å²) in [5.74, 6) is 0.235. The quantitative estimate of drug-likeness (QED) is 0.641. The smallest absolute Gasteiger partial charge is 0.234 e. The Kier molecular flexibility index (Phi) is 5.73. The number of halogens is 1. The third kappa shape index (κ3) is 4.14. The number of hydrogen-bond acceptors (Lipinski definition) is 4. The van der Waals surface area contributed by atoms with Crippen LogP contribution in [0.4, 0.5) is 10.1 Å². The van der Waals surface area contributed by atoms with Gasteiger partial charge in [-0.3, -0.25) is 4.79 Å². The summed E-state index contributed by atoms with van der Waals surface area (Å²) in [5.41, 5.74) is 2.10. The first-order valence-electron chi connectivity index (χ1n) is 8.25. The van der Waals surface area contributed by atoms with Crippen molar-refractivity contribution in [3.8, 4) is 5.75 Å². The molecule has 0 fully saturated rings. The summed E-state index contributed by atoms with van der Waals surface area (Å²) in [5, 5.41) is 4.41. The number of pyridine rings is 1. The second-order valence-electron chi connectivity index (χ2n) is 5.68. The zero-order valence-corrected chi connectivity index (χ0v) is 15.4. The SMILES string of the molecule is CCc1cc2cc(OC)ccc2nc1SCC(=O)Nc1ccccc1F. The van der Waals surface area contributed by atoms with E-state index in [1.807, 2.05) is 25.1 Å². The number of ether oxygens (including phenoxy) is 1. The monoisotopic (exact) mass is 370 g/mol. The third-order valence-corrected chi connectivity index (χ3v) is 4.96. The van der Waals surface area contributed by atoms with Crippen LogP contribution in [-0.4, -0.2) is 23.8 Å². The van der Waals surface area contributed by atoms with Gasteiger partial charge in [0.25, 0.3) is 0 Å². The van der Waals surface area contributed by atoms with Crippen molar-refractivity contribution in [1.29, 1.82) is 0 Å². The van der Waals surface area contributed by atoms with Crippen molar-refractivity contribution in [3.63, 3.8) is 0 Å². The number of benzene rings is 2. The lowest BCUT2D eigenvalue weighted by atomic mass is 10.1. The van der Waals surface area contributed by atoms with E-state index < -0.39 is 5.82 Å².